The smallest absolute Gasteiger partial charge is 0.305 e. The first-order chi connectivity index (χ1) is 13.6. The van der Waals surface area contributed by atoms with E-state index >= 15 is 0 Å². The summed E-state index contributed by atoms with van der Waals surface area (Å²) in [6.45, 7) is 11.0. The summed E-state index contributed by atoms with van der Waals surface area (Å²) in [5.74, 6) is 2.01. The lowest BCUT2D eigenvalue weighted by Gasteiger charge is -2.62. The van der Waals surface area contributed by atoms with Crippen LogP contribution < -0.4 is 0 Å². The van der Waals surface area contributed by atoms with Gasteiger partial charge in [0, 0.05) is 18.3 Å². The van der Waals surface area contributed by atoms with Gasteiger partial charge in [-0.15, -0.1) is 0 Å². The Balaban J connectivity index is 1.77. The Bertz CT molecular complexity index is 737. The molecule has 4 aliphatic carbocycles. The molecule has 162 valence electrons. The van der Waals surface area contributed by atoms with E-state index < -0.39 is 5.60 Å². The number of carbonyl (C=O) groups excluding carboxylic acids is 2. The molecule has 0 heterocycles. The number of ether oxygens (including phenoxy) is 1. The van der Waals surface area contributed by atoms with Gasteiger partial charge < -0.3 is 9.84 Å². The van der Waals surface area contributed by atoms with E-state index in [1.54, 1.807) is 0 Å². The highest BCUT2D eigenvalue weighted by molar-refractivity contribution is 5.92. The maximum Gasteiger partial charge on any atom is 0.305 e. The molecular formula is C25H38O4. The fraction of sp³-hybridized carbons (Fsp3) is 0.840. The molecule has 0 bridgehead atoms. The Morgan fingerprint density at radius 3 is 2.59 bits per heavy atom. The third-order valence-electron chi connectivity index (χ3n) is 9.82. The predicted molar refractivity (Wildman–Crippen MR) is 112 cm³/mol. The molecule has 4 aliphatic rings. The maximum atomic E-state index is 12.5. The molecule has 0 radical (unpaired) electrons. The van der Waals surface area contributed by atoms with Crippen molar-refractivity contribution < 1.29 is 19.4 Å². The Kier molecular flexibility index (Phi) is 5.04. The third kappa shape index (κ3) is 2.88. The molecule has 0 amide bonds. The SMILES string of the molecule is CCC(=O)OC[C@@]12C(=CC(=O)C[C@@H]1C)[C@@H](C)C[C@@H]1[C@@H]2CC[C@@]2(C)[C@H]1CC[C@]2(C)O. The summed E-state index contributed by atoms with van der Waals surface area (Å²) >= 11 is 0. The summed E-state index contributed by atoms with van der Waals surface area (Å²) < 4.78 is 5.83. The van der Waals surface area contributed by atoms with Gasteiger partial charge in [-0.2, -0.15) is 0 Å². The maximum absolute atomic E-state index is 12.5. The zero-order valence-corrected chi connectivity index (χ0v) is 18.8. The van der Waals surface area contributed by atoms with E-state index in [1.165, 1.54) is 5.57 Å². The van der Waals surface area contributed by atoms with Gasteiger partial charge in [0.25, 0.3) is 0 Å². The molecule has 3 saturated carbocycles. The van der Waals surface area contributed by atoms with Crippen LogP contribution in [0.1, 0.15) is 79.6 Å². The van der Waals surface area contributed by atoms with E-state index in [-0.39, 0.29) is 28.5 Å². The van der Waals surface area contributed by atoms with Gasteiger partial charge in [0.05, 0.1) is 5.60 Å². The lowest BCUT2D eigenvalue weighted by molar-refractivity contribution is -0.163. The van der Waals surface area contributed by atoms with Crippen molar-refractivity contribution in [2.75, 3.05) is 6.61 Å². The van der Waals surface area contributed by atoms with Crippen LogP contribution >= 0.6 is 0 Å². The highest BCUT2D eigenvalue weighted by atomic mass is 16.5. The Morgan fingerprint density at radius 2 is 1.90 bits per heavy atom. The van der Waals surface area contributed by atoms with E-state index in [9.17, 15) is 14.7 Å². The van der Waals surface area contributed by atoms with Crippen molar-refractivity contribution in [1.82, 2.24) is 0 Å². The quantitative estimate of drug-likeness (QED) is 0.695. The van der Waals surface area contributed by atoms with Crippen molar-refractivity contribution in [3.05, 3.63) is 11.6 Å². The van der Waals surface area contributed by atoms with Crippen molar-refractivity contribution in [3.63, 3.8) is 0 Å². The predicted octanol–water partition coefficient (Wildman–Crippen LogP) is 4.69. The van der Waals surface area contributed by atoms with Crippen molar-refractivity contribution >= 4 is 11.8 Å². The van der Waals surface area contributed by atoms with Gasteiger partial charge in [0.15, 0.2) is 5.78 Å². The van der Waals surface area contributed by atoms with E-state index in [4.69, 9.17) is 4.74 Å². The fourth-order valence-corrected chi connectivity index (χ4v) is 7.98. The second-order valence-electron chi connectivity index (χ2n) is 11.0. The summed E-state index contributed by atoms with van der Waals surface area (Å²) in [5, 5.41) is 11.2. The van der Waals surface area contributed by atoms with Crippen LogP contribution in [-0.2, 0) is 14.3 Å². The molecule has 0 aromatic heterocycles. The average molecular weight is 403 g/mol. The molecule has 0 aliphatic heterocycles. The molecule has 8 atom stereocenters. The number of esters is 1. The van der Waals surface area contributed by atoms with Crippen LogP contribution in [0.4, 0.5) is 0 Å². The largest absolute Gasteiger partial charge is 0.465 e. The number of rotatable bonds is 3. The van der Waals surface area contributed by atoms with Gasteiger partial charge in [-0.05, 0) is 80.1 Å². The minimum atomic E-state index is -0.599. The normalized spacial score (nSPS) is 49.0. The van der Waals surface area contributed by atoms with Crippen LogP contribution in [0.5, 0.6) is 0 Å². The van der Waals surface area contributed by atoms with E-state index in [0.29, 0.717) is 43.1 Å². The number of carbonyl (C=O) groups is 2. The average Bonchev–Trinajstić information content (AvgIpc) is 2.90. The second kappa shape index (κ2) is 6.93. The molecule has 0 spiro atoms. The van der Waals surface area contributed by atoms with Gasteiger partial charge in [-0.25, -0.2) is 0 Å². The second-order valence-corrected chi connectivity index (χ2v) is 11.0. The van der Waals surface area contributed by atoms with Crippen LogP contribution in [0.2, 0.25) is 0 Å². The monoisotopic (exact) mass is 402 g/mol. The minimum absolute atomic E-state index is 0.0376. The molecule has 0 saturated heterocycles. The molecule has 4 rings (SSSR count). The van der Waals surface area contributed by atoms with Crippen LogP contribution in [0, 0.1) is 40.4 Å². The summed E-state index contributed by atoms with van der Waals surface area (Å²) in [4.78, 5) is 24.6. The van der Waals surface area contributed by atoms with E-state index in [2.05, 4.69) is 20.8 Å². The lowest BCUT2D eigenvalue weighted by Crippen LogP contribution is -2.59. The van der Waals surface area contributed by atoms with Gasteiger partial charge >= 0.3 is 5.97 Å². The first-order valence-electron chi connectivity index (χ1n) is 11.7. The van der Waals surface area contributed by atoms with Crippen molar-refractivity contribution in [3.8, 4) is 0 Å². The number of fused-ring (bicyclic) bond motifs is 5. The molecule has 0 aromatic carbocycles. The van der Waals surface area contributed by atoms with Gasteiger partial charge in [-0.1, -0.05) is 33.3 Å². The molecule has 29 heavy (non-hydrogen) atoms. The molecule has 0 unspecified atom stereocenters. The Hall–Kier alpha value is -1.16. The number of ketones is 1. The van der Waals surface area contributed by atoms with Crippen molar-refractivity contribution in [2.24, 2.45) is 40.4 Å². The van der Waals surface area contributed by atoms with Gasteiger partial charge in [0.1, 0.15) is 6.61 Å². The minimum Gasteiger partial charge on any atom is -0.465 e. The van der Waals surface area contributed by atoms with Gasteiger partial charge in [0.2, 0.25) is 0 Å². The van der Waals surface area contributed by atoms with Crippen LogP contribution in [0.15, 0.2) is 11.6 Å². The molecule has 1 N–H and O–H groups in total. The van der Waals surface area contributed by atoms with E-state index in [1.807, 2.05) is 19.9 Å². The van der Waals surface area contributed by atoms with Crippen LogP contribution in [-0.4, -0.2) is 29.1 Å². The highest BCUT2D eigenvalue weighted by Crippen LogP contribution is 2.69. The highest BCUT2D eigenvalue weighted by Gasteiger charge is 2.65. The number of hydrogen-bond donors (Lipinski definition) is 1. The summed E-state index contributed by atoms with van der Waals surface area (Å²) in [6.07, 6.45) is 7.92. The van der Waals surface area contributed by atoms with Crippen molar-refractivity contribution in [2.45, 2.75) is 85.2 Å². The summed E-state index contributed by atoms with van der Waals surface area (Å²) in [6, 6.07) is 0. The van der Waals surface area contributed by atoms with Crippen LogP contribution in [0.25, 0.3) is 0 Å². The summed E-state index contributed by atoms with van der Waals surface area (Å²) in [7, 11) is 0. The van der Waals surface area contributed by atoms with Crippen molar-refractivity contribution in [1.29, 1.82) is 0 Å². The summed E-state index contributed by atoms with van der Waals surface area (Å²) in [5.41, 5.74) is 0.374. The van der Waals surface area contributed by atoms with Gasteiger partial charge in [-0.3, -0.25) is 9.59 Å². The van der Waals surface area contributed by atoms with Crippen LogP contribution in [0.3, 0.4) is 0 Å². The zero-order chi connectivity index (χ0) is 21.2. The molecule has 4 nitrogen and oxygen atoms in total. The Morgan fingerprint density at radius 1 is 1.21 bits per heavy atom. The number of aliphatic hydroxyl groups is 1. The molecule has 3 fully saturated rings. The molecule has 0 aromatic rings. The first-order valence-corrected chi connectivity index (χ1v) is 11.7. The first kappa shape index (κ1) is 21.1. The lowest BCUT2D eigenvalue weighted by atomic mass is 9.43. The third-order valence-corrected chi connectivity index (χ3v) is 9.82. The molecule has 4 heteroatoms. The standard InChI is InChI=1S/C25H38O4/c1-6-22(27)29-14-25-16(3)12-17(26)13-21(25)15(2)11-18-19-8-10-24(5,28)23(19,4)9-7-20(18)25/h13,15-16,18-20,28H,6-12,14H2,1-5H3/t15-,16-,18-,19-,20-,23-,24-,25+/m0/s1. The topological polar surface area (TPSA) is 63.6 Å². The zero-order valence-electron chi connectivity index (χ0n) is 18.8. The Labute approximate surface area is 175 Å². The number of hydrogen-bond acceptors (Lipinski definition) is 4. The molecular weight excluding hydrogens is 364 g/mol. The fourth-order valence-electron chi connectivity index (χ4n) is 7.98. The van der Waals surface area contributed by atoms with E-state index in [0.717, 1.165) is 32.1 Å².